The van der Waals surface area contributed by atoms with Crippen LogP contribution in [0, 0.1) is 20.8 Å². The fraction of sp³-hybridized carbons (Fsp3) is 0.562. The van der Waals surface area contributed by atoms with Gasteiger partial charge >= 0.3 is 6.03 Å². The molecule has 1 aromatic carbocycles. The second-order valence-electron chi connectivity index (χ2n) is 4.93. The van der Waals surface area contributed by atoms with E-state index in [1.807, 2.05) is 33.8 Å². The van der Waals surface area contributed by atoms with Gasteiger partial charge in [-0.1, -0.05) is 12.1 Å². The van der Waals surface area contributed by atoms with Crippen LogP contribution in [-0.2, 0) is 4.74 Å². The molecular weight excluding hydrogens is 268 g/mol. The van der Waals surface area contributed by atoms with E-state index in [-0.39, 0.29) is 12.8 Å². The quantitative estimate of drug-likeness (QED) is 0.572. The number of hydrogen-bond donors (Lipinski definition) is 2. The average molecular weight is 294 g/mol. The average Bonchev–Trinajstić information content (AvgIpc) is 2.46. The van der Waals surface area contributed by atoms with Gasteiger partial charge in [0.25, 0.3) is 0 Å². The maximum absolute atomic E-state index is 11.6. The number of urea groups is 1. The predicted molar refractivity (Wildman–Crippen MR) is 83.8 cm³/mol. The van der Waals surface area contributed by atoms with E-state index in [1.54, 1.807) is 0 Å². The lowest BCUT2D eigenvalue weighted by Gasteiger charge is -2.14. The number of ether oxygens (including phenoxy) is 2. The van der Waals surface area contributed by atoms with Gasteiger partial charge in [-0.3, -0.25) is 0 Å². The van der Waals surface area contributed by atoms with Crippen LogP contribution in [0.15, 0.2) is 12.1 Å². The van der Waals surface area contributed by atoms with Crippen LogP contribution in [0.1, 0.15) is 30.0 Å². The fourth-order valence-corrected chi connectivity index (χ4v) is 1.90. The summed E-state index contributed by atoms with van der Waals surface area (Å²) in [4.78, 5) is 11.6. The van der Waals surface area contributed by atoms with Crippen molar-refractivity contribution < 1.29 is 14.3 Å². The van der Waals surface area contributed by atoms with Gasteiger partial charge in [0, 0.05) is 19.8 Å². The maximum atomic E-state index is 11.6. The first kappa shape index (κ1) is 17.3. The van der Waals surface area contributed by atoms with Crippen LogP contribution in [0.2, 0.25) is 0 Å². The van der Waals surface area contributed by atoms with Gasteiger partial charge in [-0.05, 0) is 50.8 Å². The lowest BCUT2D eigenvalue weighted by atomic mass is 10.1. The second-order valence-corrected chi connectivity index (χ2v) is 4.93. The summed E-state index contributed by atoms with van der Waals surface area (Å²) in [6.07, 6.45) is 0.804. The minimum atomic E-state index is -0.227. The highest BCUT2D eigenvalue weighted by Gasteiger charge is 2.06. The Labute approximate surface area is 127 Å². The maximum Gasteiger partial charge on any atom is 0.317 e. The van der Waals surface area contributed by atoms with Gasteiger partial charge in [-0.15, -0.1) is 0 Å². The number of nitrogens with one attached hydrogen (secondary N) is 2. The Morgan fingerprint density at radius 2 is 1.86 bits per heavy atom. The topological polar surface area (TPSA) is 59.6 Å². The highest BCUT2D eigenvalue weighted by molar-refractivity contribution is 5.73. The zero-order valence-corrected chi connectivity index (χ0v) is 13.4. The molecule has 2 N–H and O–H groups in total. The summed E-state index contributed by atoms with van der Waals surface area (Å²) >= 11 is 0. The second kappa shape index (κ2) is 9.23. The Morgan fingerprint density at radius 3 is 2.57 bits per heavy atom. The fourth-order valence-electron chi connectivity index (χ4n) is 1.90. The van der Waals surface area contributed by atoms with Crippen LogP contribution < -0.4 is 15.4 Å². The molecule has 0 saturated carbocycles. The summed E-state index contributed by atoms with van der Waals surface area (Å²) in [5.74, 6) is 0.839. The van der Waals surface area contributed by atoms with Gasteiger partial charge in [0.2, 0.25) is 0 Å². The van der Waals surface area contributed by atoms with Crippen molar-refractivity contribution in [3.05, 3.63) is 28.8 Å². The third-order valence-electron chi connectivity index (χ3n) is 3.28. The number of benzene rings is 1. The smallest absolute Gasteiger partial charge is 0.317 e. The molecule has 0 radical (unpaired) electrons. The van der Waals surface area contributed by atoms with Gasteiger partial charge in [0.1, 0.15) is 5.75 Å². The van der Waals surface area contributed by atoms with Crippen molar-refractivity contribution in [3.63, 3.8) is 0 Å². The molecule has 0 atom stereocenters. The third-order valence-corrected chi connectivity index (χ3v) is 3.28. The van der Waals surface area contributed by atoms with Crippen molar-refractivity contribution in [2.75, 3.05) is 26.5 Å². The molecule has 5 nitrogen and oxygen atoms in total. The number of carbonyl (C=O) groups is 1. The zero-order valence-electron chi connectivity index (χ0n) is 13.4. The molecule has 0 aliphatic heterocycles. The number of rotatable bonds is 8. The SMILES string of the molecule is CCOCCCNC(=O)NCOc1c(C)ccc(C)c1C. The zero-order chi connectivity index (χ0) is 15.7. The molecule has 0 aliphatic carbocycles. The minimum Gasteiger partial charge on any atom is -0.473 e. The molecule has 0 saturated heterocycles. The molecule has 1 rings (SSSR count). The molecule has 2 amide bonds. The molecular formula is C16H26N2O3. The minimum absolute atomic E-state index is 0.155. The first-order valence-electron chi connectivity index (χ1n) is 7.35. The highest BCUT2D eigenvalue weighted by Crippen LogP contribution is 2.25. The normalized spacial score (nSPS) is 10.3. The van der Waals surface area contributed by atoms with E-state index in [9.17, 15) is 4.79 Å². The highest BCUT2D eigenvalue weighted by atomic mass is 16.5. The number of aryl methyl sites for hydroxylation is 2. The molecule has 0 heterocycles. The Hall–Kier alpha value is -1.75. The molecule has 0 aliphatic rings. The van der Waals surface area contributed by atoms with E-state index >= 15 is 0 Å². The summed E-state index contributed by atoms with van der Waals surface area (Å²) in [6.45, 7) is 10.1. The van der Waals surface area contributed by atoms with Crippen molar-refractivity contribution in [2.45, 2.75) is 34.1 Å². The van der Waals surface area contributed by atoms with Crippen LogP contribution in [0.3, 0.4) is 0 Å². The van der Waals surface area contributed by atoms with E-state index in [0.29, 0.717) is 19.8 Å². The Morgan fingerprint density at radius 1 is 1.14 bits per heavy atom. The van der Waals surface area contributed by atoms with Crippen molar-refractivity contribution in [1.82, 2.24) is 10.6 Å². The molecule has 118 valence electrons. The summed E-state index contributed by atoms with van der Waals surface area (Å²) in [5.41, 5.74) is 3.35. The van der Waals surface area contributed by atoms with Crippen LogP contribution in [0.5, 0.6) is 5.75 Å². The van der Waals surface area contributed by atoms with Gasteiger partial charge in [0.15, 0.2) is 6.73 Å². The first-order valence-corrected chi connectivity index (χ1v) is 7.35. The number of hydrogen-bond acceptors (Lipinski definition) is 3. The van der Waals surface area contributed by atoms with E-state index in [2.05, 4.69) is 16.7 Å². The summed E-state index contributed by atoms with van der Waals surface area (Å²) in [6, 6.07) is 3.86. The van der Waals surface area contributed by atoms with E-state index in [4.69, 9.17) is 9.47 Å². The van der Waals surface area contributed by atoms with E-state index < -0.39 is 0 Å². The van der Waals surface area contributed by atoms with E-state index in [0.717, 1.165) is 23.3 Å². The van der Waals surface area contributed by atoms with Crippen molar-refractivity contribution in [1.29, 1.82) is 0 Å². The number of carbonyl (C=O) groups excluding carboxylic acids is 1. The molecule has 0 fully saturated rings. The van der Waals surface area contributed by atoms with Crippen LogP contribution in [0.25, 0.3) is 0 Å². The molecule has 5 heteroatoms. The largest absolute Gasteiger partial charge is 0.473 e. The first-order chi connectivity index (χ1) is 10.1. The van der Waals surface area contributed by atoms with E-state index in [1.165, 1.54) is 5.56 Å². The van der Waals surface area contributed by atoms with Gasteiger partial charge < -0.3 is 20.1 Å². The van der Waals surface area contributed by atoms with Crippen LogP contribution in [0.4, 0.5) is 4.79 Å². The molecule has 0 bridgehead atoms. The third kappa shape index (κ3) is 6.04. The van der Waals surface area contributed by atoms with Gasteiger partial charge in [0.05, 0.1) is 0 Å². The summed E-state index contributed by atoms with van der Waals surface area (Å²) in [7, 11) is 0. The monoisotopic (exact) mass is 294 g/mol. The van der Waals surface area contributed by atoms with Crippen molar-refractivity contribution in [2.24, 2.45) is 0 Å². The van der Waals surface area contributed by atoms with Crippen LogP contribution >= 0.6 is 0 Å². The molecule has 0 unspecified atom stereocenters. The van der Waals surface area contributed by atoms with Crippen LogP contribution in [-0.4, -0.2) is 32.5 Å². The molecule has 21 heavy (non-hydrogen) atoms. The standard InChI is InChI=1S/C16H26N2O3/c1-5-20-10-6-9-17-16(19)18-11-21-15-13(3)8-7-12(2)14(15)4/h7-8H,5-6,9-11H2,1-4H3,(H2,17,18,19). The van der Waals surface area contributed by atoms with Crippen molar-refractivity contribution in [3.8, 4) is 5.75 Å². The summed E-state index contributed by atoms with van der Waals surface area (Å²) < 4.78 is 10.9. The van der Waals surface area contributed by atoms with Crippen molar-refractivity contribution >= 4 is 6.03 Å². The summed E-state index contributed by atoms with van der Waals surface area (Å²) in [5, 5.41) is 5.44. The Balaban J connectivity index is 2.27. The lowest BCUT2D eigenvalue weighted by Crippen LogP contribution is -2.38. The lowest BCUT2D eigenvalue weighted by molar-refractivity contribution is 0.145. The predicted octanol–water partition coefficient (Wildman–Crippen LogP) is 2.67. The number of amides is 2. The van der Waals surface area contributed by atoms with Gasteiger partial charge in [-0.25, -0.2) is 4.79 Å². The Kier molecular flexibility index (Phi) is 7.61. The molecule has 1 aromatic rings. The molecule has 0 aromatic heterocycles. The Bertz CT molecular complexity index is 461. The van der Waals surface area contributed by atoms with Gasteiger partial charge in [-0.2, -0.15) is 0 Å². The molecule has 0 spiro atoms.